The maximum atomic E-state index is 14.0. The molecule has 8 atom stereocenters. The lowest BCUT2D eigenvalue weighted by atomic mass is 9.86. The zero-order valence-corrected chi connectivity index (χ0v) is 38.5. The predicted octanol–water partition coefficient (Wildman–Crippen LogP) is 3.95. The van der Waals surface area contributed by atoms with Gasteiger partial charge in [0.05, 0.1) is 24.2 Å². The van der Waals surface area contributed by atoms with Crippen LogP contribution in [0.4, 0.5) is 0 Å². The SMILES string of the molecule is CNC(C)C(=O)NC(C(=O)N1CCC[C@H]1C(=O)N[C@@H]1CCCc2c(Oc3cccc4c3CCC[C@H]4NC(=O)[C@@H]3CCCN3C(=O)C(NC(=O)C(C)NC)C(C)C)cccc21)C(C)C. The van der Waals surface area contributed by atoms with Crippen molar-refractivity contribution in [2.24, 2.45) is 11.8 Å². The van der Waals surface area contributed by atoms with Crippen LogP contribution in [0.3, 0.4) is 0 Å². The van der Waals surface area contributed by atoms with E-state index in [9.17, 15) is 28.8 Å². The van der Waals surface area contributed by atoms with Crippen molar-refractivity contribution < 1.29 is 33.5 Å². The molecule has 15 nitrogen and oxygen atoms in total. The molecule has 344 valence electrons. The van der Waals surface area contributed by atoms with E-state index in [0.717, 1.165) is 72.3 Å². The number of hydrogen-bond acceptors (Lipinski definition) is 9. The summed E-state index contributed by atoms with van der Waals surface area (Å²) in [4.78, 5) is 84.6. The van der Waals surface area contributed by atoms with Crippen molar-refractivity contribution in [3.05, 3.63) is 58.7 Å². The third-order valence-corrected chi connectivity index (χ3v) is 13.6. The fraction of sp³-hybridized carbons (Fsp3) is 0.625. The fourth-order valence-corrected chi connectivity index (χ4v) is 9.58. The number of likely N-dealkylation sites (N-methyl/N-ethyl adjacent to an activating group) is 2. The molecule has 2 saturated heterocycles. The number of ether oxygens (including phenoxy) is 1. The Hall–Kier alpha value is -5.02. The van der Waals surface area contributed by atoms with Crippen molar-refractivity contribution >= 4 is 35.4 Å². The highest BCUT2D eigenvalue weighted by atomic mass is 16.5. The quantitative estimate of drug-likeness (QED) is 0.145. The van der Waals surface area contributed by atoms with Crippen molar-refractivity contribution in [2.75, 3.05) is 27.2 Å². The molecule has 2 aliphatic carbocycles. The fourth-order valence-electron chi connectivity index (χ4n) is 9.58. The molecular weight excluding hydrogens is 801 g/mol. The molecule has 4 unspecified atom stereocenters. The predicted molar refractivity (Wildman–Crippen MR) is 241 cm³/mol. The van der Waals surface area contributed by atoms with Gasteiger partial charge in [-0.15, -0.1) is 0 Å². The average Bonchev–Trinajstić information content (AvgIpc) is 3.98. The number of carbonyl (C=O) groups is 6. The van der Waals surface area contributed by atoms with E-state index in [1.165, 1.54) is 0 Å². The van der Waals surface area contributed by atoms with Gasteiger partial charge >= 0.3 is 0 Å². The lowest BCUT2D eigenvalue weighted by Crippen LogP contribution is -2.57. The van der Waals surface area contributed by atoms with Crippen molar-refractivity contribution in [1.29, 1.82) is 0 Å². The summed E-state index contributed by atoms with van der Waals surface area (Å²) >= 11 is 0. The molecule has 2 aliphatic heterocycles. The highest BCUT2D eigenvalue weighted by molar-refractivity contribution is 5.95. The van der Waals surface area contributed by atoms with Crippen LogP contribution < -0.4 is 36.6 Å². The summed E-state index contributed by atoms with van der Waals surface area (Å²) in [5, 5.41) is 18.2. The minimum Gasteiger partial charge on any atom is -0.457 e. The highest BCUT2D eigenvalue weighted by Gasteiger charge is 2.42. The van der Waals surface area contributed by atoms with Crippen molar-refractivity contribution in [3.63, 3.8) is 0 Å². The first-order valence-electron chi connectivity index (χ1n) is 23.2. The number of nitrogens with zero attached hydrogens (tertiary/aromatic N) is 2. The first kappa shape index (κ1) is 47.5. The molecule has 0 radical (unpaired) electrons. The minimum atomic E-state index is -0.739. The van der Waals surface area contributed by atoms with Crippen LogP contribution in [-0.2, 0) is 41.6 Å². The van der Waals surface area contributed by atoms with E-state index in [2.05, 4.69) is 31.9 Å². The van der Waals surface area contributed by atoms with Gasteiger partial charge in [-0.2, -0.15) is 0 Å². The molecule has 2 fully saturated rings. The van der Waals surface area contributed by atoms with E-state index in [0.29, 0.717) is 38.8 Å². The summed E-state index contributed by atoms with van der Waals surface area (Å²) in [6.45, 7) is 12.0. The summed E-state index contributed by atoms with van der Waals surface area (Å²) < 4.78 is 6.78. The van der Waals surface area contributed by atoms with E-state index < -0.39 is 36.3 Å². The Morgan fingerprint density at radius 1 is 0.571 bits per heavy atom. The molecule has 6 amide bonds. The van der Waals surface area contributed by atoms with Gasteiger partial charge in [-0.05, 0) is 127 Å². The molecule has 4 aliphatic rings. The summed E-state index contributed by atoms with van der Waals surface area (Å²) in [6.07, 6.45) is 7.28. The Kier molecular flexibility index (Phi) is 15.9. The number of carbonyl (C=O) groups excluding carboxylic acids is 6. The van der Waals surface area contributed by atoms with Crippen LogP contribution in [0.15, 0.2) is 36.4 Å². The monoisotopic (exact) mass is 871 g/mol. The first-order chi connectivity index (χ1) is 30.1. The molecule has 0 bridgehead atoms. The number of rotatable bonds is 16. The normalized spacial score (nSPS) is 22.6. The van der Waals surface area contributed by atoms with E-state index in [4.69, 9.17) is 4.74 Å². The molecule has 15 heteroatoms. The van der Waals surface area contributed by atoms with Crippen molar-refractivity contribution in [3.8, 4) is 11.5 Å². The van der Waals surface area contributed by atoms with Crippen LogP contribution in [0.2, 0.25) is 0 Å². The molecule has 6 rings (SSSR count). The van der Waals surface area contributed by atoms with Crippen molar-refractivity contribution in [1.82, 2.24) is 41.7 Å². The molecule has 0 saturated carbocycles. The number of likely N-dealkylation sites (tertiary alicyclic amines) is 2. The Bertz CT molecular complexity index is 1870. The molecular formula is C48H70N8O7. The Morgan fingerprint density at radius 2 is 0.968 bits per heavy atom. The van der Waals surface area contributed by atoms with E-state index >= 15 is 0 Å². The van der Waals surface area contributed by atoms with Gasteiger partial charge in [-0.3, -0.25) is 28.8 Å². The highest BCUT2D eigenvalue weighted by Crippen LogP contribution is 2.41. The van der Waals surface area contributed by atoms with Gasteiger partial charge in [0.1, 0.15) is 35.7 Å². The second-order valence-electron chi connectivity index (χ2n) is 18.5. The van der Waals surface area contributed by atoms with Crippen LogP contribution in [0.5, 0.6) is 11.5 Å². The maximum absolute atomic E-state index is 14.0. The molecule has 0 aromatic heterocycles. The van der Waals surface area contributed by atoms with Crippen LogP contribution >= 0.6 is 0 Å². The third kappa shape index (κ3) is 10.7. The molecule has 2 aromatic carbocycles. The molecule has 6 N–H and O–H groups in total. The molecule has 63 heavy (non-hydrogen) atoms. The molecule has 2 heterocycles. The van der Waals surface area contributed by atoms with Crippen molar-refractivity contribution in [2.45, 2.75) is 154 Å². The topological polar surface area (TPSA) is 190 Å². The summed E-state index contributed by atoms with van der Waals surface area (Å²) in [6, 6.07) is 7.78. The van der Waals surface area contributed by atoms with E-state index in [-0.39, 0.29) is 59.4 Å². The van der Waals surface area contributed by atoms with Gasteiger partial charge in [0.15, 0.2) is 0 Å². The van der Waals surface area contributed by atoms with Crippen LogP contribution in [0.1, 0.15) is 127 Å². The van der Waals surface area contributed by atoms with Gasteiger partial charge in [-0.25, -0.2) is 0 Å². The van der Waals surface area contributed by atoms with Gasteiger partial charge < -0.3 is 46.4 Å². The Morgan fingerprint density at radius 3 is 1.33 bits per heavy atom. The number of fused-ring (bicyclic) bond motifs is 2. The average molecular weight is 871 g/mol. The number of amides is 6. The lowest BCUT2D eigenvalue weighted by Gasteiger charge is -2.33. The summed E-state index contributed by atoms with van der Waals surface area (Å²) in [7, 11) is 3.39. The summed E-state index contributed by atoms with van der Waals surface area (Å²) in [5.41, 5.74) is 4.07. The Labute approximate surface area is 373 Å². The third-order valence-electron chi connectivity index (χ3n) is 13.6. The van der Waals surface area contributed by atoms with Gasteiger partial charge in [-0.1, -0.05) is 52.0 Å². The van der Waals surface area contributed by atoms with E-state index in [1.54, 1.807) is 37.7 Å². The smallest absolute Gasteiger partial charge is 0.246 e. The second kappa shape index (κ2) is 21.1. The zero-order chi connectivity index (χ0) is 45.5. The van der Waals surface area contributed by atoms with Gasteiger partial charge in [0.25, 0.3) is 0 Å². The van der Waals surface area contributed by atoms with E-state index in [1.807, 2.05) is 64.1 Å². The number of hydrogen-bond donors (Lipinski definition) is 6. The first-order valence-corrected chi connectivity index (χ1v) is 23.2. The second-order valence-corrected chi connectivity index (χ2v) is 18.5. The van der Waals surface area contributed by atoms with Gasteiger partial charge in [0.2, 0.25) is 35.4 Å². The Balaban J connectivity index is 1.14. The maximum Gasteiger partial charge on any atom is 0.246 e. The molecule has 0 spiro atoms. The standard InChI is InChI=1S/C48H70N8O7/c1-27(2)41(53-43(57)29(5)49-7)47(61)55-25-13-21-37(55)45(59)51-35-19-9-17-33-31(35)15-11-23-39(33)63-40-24-12-16-32-34(40)18-10-20-36(32)52-46(60)38-22-14-26-56(38)48(62)42(28(3)4)54-44(58)30(6)50-8/h11-12,15-16,23-24,27-30,35-38,41-42,49-50H,9-10,13-14,17-22,25-26H2,1-8H3,(H,51,59)(H,52,60)(H,53,57)(H,54,58)/t29?,30?,35-,36-,37+,38+,41?,42?/m1/s1. The van der Waals surface area contributed by atoms with Crippen LogP contribution in [0.25, 0.3) is 0 Å². The van der Waals surface area contributed by atoms with Crippen LogP contribution in [-0.4, -0.2) is 109 Å². The summed E-state index contributed by atoms with van der Waals surface area (Å²) in [5.74, 6) is -0.231. The zero-order valence-electron chi connectivity index (χ0n) is 38.5. The van der Waals surface area contributed by atoms with Gasteiger partial charge in [0, 0.05) is 24.2 Å². The number of nitrogens with one attached hydrogen (secondary N) is 6. The largest absolute Gasteiger partial charge is 0.457 e. The number of benzene rings is 2. The van der Waals surface area contributed by atoms with Crippen LogP contribution in [0, 0.1) is 11.8 Å². The molecule has 2 aromatic rings. The minimum absolute atomic E-state index is 0.156. The lowest BCUT2D eigenvalue weighted by molar-refractivity contribution is -0.142.